The van der Waals surface area contributed by atoms with E-state index in [-0.39, 0.29) is 17.6 Å². The lowest BCUT2D eigenvalue weighted by atomic mass is 10.1. The van der Waals surface area contributed by atoms with E-state index in [2.05, 4.69) is 15.6 Å². The summed E-state index contributed by atoms with van der Waals surface area (Å²) >= 11 is 1.59. The number of thiazole rings is 1. The van der Waals surface area contributed by atoms with E-state index < -0.39 is 0 Å². The SMILES string of the molecule is CC(C(=O)Nc1ccc(F)cc1)c1nc2c(s1)CNCC2. The maximum Gasteiger partial charge on any atom is 0.234 e. The Bertz CT molecular complexity index is 630. The molecule has 2 aromatic rings. The Morgan fingerprint density at radius 1 is 1.43 bits per heavy atom. The van der Waals surface area contributed by atoms with Crippen molar-refractivity contribution in [3.05, 3.63) is 45.7 Å². The molecule has 0 aliphatic carbocycles. The zero-order chi connectivity index (χ0) is 14.8. The minimum absolute atomic E-state index is 0.124. The molecule has 0 radical (unpaired) electrons. The van der Waals surface area contributed by atoms with Gasteiger partial charge in [-0.2, -0.15) is 0 Å². The van der Waals surface area contributed by atoms with E-state index in [1.165, 1.54) is 17.0 Å². The van der Waals surface area contributed by atoms with Gasteiger partial charge in [0, 0.05) is 30.1 Å². The average Bonchev–Trinajstić information content (AvgIpc) is 2.92. The molecule has 0 saturated heterocycles. The fraction of sp³-hybridized carbons (Fsp3) is 0.333. The number of rotatable bonds is 3. The summed E-state index contributed by atoms with van der Waals surface area (Å²) in [6.07, 6.45) is 0.915. The van der Waals surface area contributed by atoms with Crippen molar-refractivity contribution < 1.29 is 9.18 Å². The quantitative estimate of drug-likeness (QED) is 0.916. The van der Waals surface area contributed by atoms with E-state index in [0.717, 1.165) is 30.2 Å². The van der Waals surface area contributed by atoms with Crippen LogP contribution in [-0.2, 0) is 17.8 Å². The van der Waals surface area contributed by atoms with Crippen LogP contribution < -0.4 is 10.6 Å². The third-order valence-electron chi connectivity index (χ3n) is 3.49. The normalized spacial score (nSPS) is 15.3. The molecular weight excluding hydrogens is 289 g/mol. The first-order valence-electron chi connectivity index (χ1n) is 6.89. The lowest BCUT2D eigenvalue weighted by Gasteiger charge is -2.09. The number of halogens is 1. The molecule has 21 heavy (non-hydrogen) atoms. The number of amides is 1. The van der Waals surface area contributed by atoms with Gasteiger partial charge in [-0.3, -0.25) is 4.79 Å². The van der Waals surface area contributed by atoms with Gasteiger partial charge in [-0.15, -0.1) is 11.3 Å². The van der Waals surface area contributed by atoms with Crippen LogP contribution in [0, 0.1) is 5.82 Å². The number of nitrogens with zero attached hydrogens (tertiary/aromatic N) is 1. The van der Waals surface area contributed by atoms with Crippen molar-refractivity contribution in [1.29, 1.82) is 0 Å². The van der Waals surface area contributed by atoms with Gasteiger partial charge in [0.05, 0.1) is 11.6 Å². The molecular formula is C15H16FN3OS. The highest BCUT2D eigenvalue weighted by Gasteiger charge is 2.22. The predicted octanol–water partition coefficient (Wildman–Crippen LogP) is 2.67. The smallest absolute Gasteiger partial charge is 0.234 e. The number of anilines is 1. The first-order chi connectivity index (χ1) is 10.1. The van der Waals surface area contributed by atoms with Crippen molar-refractivity contribution in [2.75, 3.05) is 11.9 Å². The first kappa shape index (κ1) is 14.2. The van der Waals surface area contributed by atoms with Crippen LogP contribution in [0.1, 0.15) is 28.4 Å². The summed E-state index contributed by atoms with van der Waals surface area (Å²) < 4.78 is 12.9. The Morgan fingerprint density at radius 2 is 2.19 bits per heavy atom. The van der Waals surface area contributed by atoms with E-state index >= 15 is 0 Å². The van der Waals surface area contributed by atoms with Crippen LogP contribution in [0.3, 0.4) is 0 Å². The molecule has 1 aromatic carbocycles. The molecule has 4 nitrogen and oxygen atoms in total. The Balaban J connectivity index is 1.72. The van der Waals surface area contributed by atoms with Crippen LogP contribution in [0.25, 0.3) is 0 Å². The molecule has 3 rings (SSSR count). The largest absolute Gasteiger partial charge is 0.325 e. The van der Waals surface area contributed by atoms with Gasteiger partial charge in [0.1, 0.15) is 10.8 Å². The molecule has 110 valence electrons. The number of nitrogens with one attached hydrogen (secondary N) is 2. The van der Waals surface area contributed by atoms with Crippen molar-refractivity contribution in [2.45, 2.75) is 25.8 Å². The average molecular weight is 305 g/mol. The molecule has 0 spiro atoms. The monoisotopic (exact) mass is 305 g/mol. The fourth-order valence-electron chi connectivity index (χ4n) is 2.23. The van der Waals surface area contributed by atoms with E-state index in [4.69, 9.17) is 0 Å². The van der Waals surface area contributed by atoms with Crippen molar-refractivity contribution >= 4 is 22.9 Å². The second-order valence-electron chi connectivity index (χ2n) is 5.07. The number of fused-ring (bicyclic) bond motifs is 1. The Morgan fingerprint density at radius 3 is 2.90 bits per heavy atom. The second kappa shape index (κ2) is 5.91. The van der Waals surface area contributed by atoms with Crippen LogP contribution in [-0.4, -0.2) is 17.4 Å². The summed E-state index contributed by atoms with van der Waals surface area (Å²) in [5.74, 6) is -0.757. The summed E-state index contributed by atoms with van der Waals surface area (Å²) in [5.41, 5.74) is 1.70. The fourth-order valence-corrected chi connectivity index (χ4v) is 3.36. The van der Waals surface area contributed by atoms with Gasteiger partial charge in [0.15, 0.2) is 0 Å². The summed E-state index contributed by atoms with van der Waals surface area (Å²) in [5, 5.41) is 6.93. The van der Waals surface area contributed by atoms with Gasteiger partial charge in [0.25, 0.3) is 0 Å². The highest BCUT2D eigenvalue weighted by atomic mass is 32.1. The van der Waals surface area contributed by atoms with Gasteiger partial charge in [-0.05, 0) is 31.2 Å². The minimum Gasteiger partial charge on any atom is -0.325 e. The molecule has 1 amide bonds. The van der Waals surface area contributed by atoms with E-state index in [1.807, 2.05) is 6.92 Å². The summed E-state index contributed by atoms with van der Waals surface area (Å²) in [7, 11) is 0. The molecule has 0 bridgehead atoms. The summed E-state index contributed by atoms with van der Waals surface area (Å²) in [4.78, 5) is 18.1. The van der Waals surface area contributed by atoms with Crippen LogP contribution in [0.5, 0.6) is 0 Å². The van der Waals surface area contributed by atoms with Crippen LogP contribution in [0.15, 0.2) is 24.3 Å². The highest BCUT2D eigenvalue weighted by molar-refractivity contribution is 7.12. The number of carbonyl (C=O) groups is 1. The molecule has 1 atom stereocenters. The number of aromatic nitrogens is 1. The summed E-state index contributed by atoms with van der Waals surface area (Å²) in [6.45, 7) is 3.61. The van der Waals surface area contributed by atoms with E-state index in [0.29, 0.717) is 5.69 Å². The molecule has 1 aliphatic heterocycles. The molecule has 2 heterocycles. The Kier molecular flexibility index (Phi) is 3.98. The summed E-state index contributed by atoms with van der Waals surface area (Å²) in [6, 6.07) is 5.76. The number of benzene rings is 1. The van der Waals surface area contributed by atoms with Crippen LogP contribution >= 0.6 is 11.3 Å². The van der Waals surface area contributed by atoms with E-state index in [1.54, 1.807) is 23.5 Å². The zero-order valence-electron chi connectivity index (χ0n) is 11.6. The Hall–Kier alpha value is -1.79. The van der Waals surface area contributed by atoms with Crippen molar-refractivity contribution in [3.8, 4) is 0 Å². The topological polar surface area (TPSA) is 54.0 Å². The van der Waals surface area contributed by atoms with Crippen molar-refractivity contribution in [2.24, 2.45) is 0 Å². The first-order valence-corrected chi connectivity index (χ1v) is 7.71. The minimum atomic E-state index is -0.318. The van der Waals surface area contributed by atoms with Crippen LogP contribution in [0.2, 0.25) is 0 Å². The molecule has 2 N–H and O–H groups in total. The molecule has 1 aliphatic rings. The maximum atomic E-state index is 12.9. The lowest BCUT2D eigenvalue weighted by molar-refractivity contribution is -0.117. The molecule has 1 unspecified atom stereocenters. The van der Waals surface area contributed by atoms with Crippen molar-refractivity contribution in [3.63, 3.8) is 0 Å². The van der Waals surface area contributed by atoms with Gasteiger partial charge in [0.2, 0.25) is 5.91 Å². The predicted molar refractivity (Wildman–Crippen MR) is 81.0 cm³/mol. The van der Waals surface area contributed by atoms with Gasteiger partial charge < -0.3 is 10.6 Å². The van der Waals surface area contributed by atoms with Gasteiger partial charge >= 0.3 is 0 Å². The number of hydrogen-bond donors (Lipinski definition) is 2. The third kappa shape index (κ3) is 3.11. The molecule has 1 aromatic heterocycles. The lowest BCUT2D eigenvalue weighted by Crippen LogP contribution is -2.22. The zero-order valence-corrected chi connectivity index (χ0v) is 12.5. The van der Waals surface area contributed by atoms with Gasteiger partial charge in [-0.1, -0.05) is 0 Å². The standard InChI is InChI=1S/C15H16FN3OS/c1-9(14(20)18-11-4-2-10(16)3-5-11)15-19-12-6-7-17-8-13(12)21-15/h2-5,9,17H,6-8H2,1H3,(H,18,20). The third-order valence-corrected chi connectivity index (χ3v) is 4.77. The number of hydrogen-bond acceptors (Lipinski definition) is 4. The highest BCUT2D eigenvalue weighted by Crippen LogP contribution is 2.28. The van der Waals surface area contributed by atoms with Crippen molar-refractivity contribution in [1.82, 2.24) is 10.3 Å². The molecule has 0 saturated carbocycles. The second-order valence-corrected chi connectivity index (χ2v) is 6.18. The number of carbonyl (C=O) groups excluding carboxylic acids is 1. The van der Waals surface area contributed by atoms with E-state index in [9.17, 15) is 9.18 Å². The molecule has 6 heteroatoms. The molecule has 0 fully saturated rings. The van der Waals surface area contributed by atoms with Crippen LogP contribution in [0.4, 0.5) is 10.1 Å². The Labute approximate surface area is 126 Å². The van der Waals surface area contributed by atoms with Gasteiger partial charge in [-0.25, -0.2) is 9.37 Å². The maximum absolute atomic E-state index is 12.9.